The molecule has 2 heteroatoms. The third kappa shape index (κ3) is 4.41. The minimum absolute atomic E-state index is 0.0690. The minimum Gasteiger partial charge on any atom is -0.376 e. The van der Waals surface area contributed by atoms with Crippen molar-refractivity contribution in [2.75, 3.05) is 6.61 Å². The highest BCUT2D eigenvalue weighted by Gasteiger charge is 2.21. The highest BCUT2D eigenvalue weighted by atomic mass is 16.5. The van der Waals surface area contributed by atoms with Gasteiger partial charge in [0, 0.05) is 12.8 Å². The van der Waals surface area contributed by atoms with Gasteiger partial charge in [-0.3, -0.25) is 4.79 Å². The van der Waals surface area contributed by atoms with Gasteiger partial charge < -0.3 is 4.74 Å². The second kappa shape index (κ2) is 4.23. The van der Waals surface area contributed by atoms with Crippen molar-refractivity contribution in [2.24, 2.45) is 5.92 Å². The second-order valence-electron chi connectivity index (χ2n) is 4.92. The normalized spacial score (nSPS) is 24.8. The van der Waals surface area contributed by atoms with Gasteiger partial charge in [0.05, 0.1) is 12.2 Å². The van der Waals surface area contributed by atoms with Crippen LogP contribution in [0.1, 0.15) is 46.5 Å². The fourth-order valence-electron chi connectivity index (χ4n) is 1.62. The molecule has 1 aliphatic rings. The van der Waals surface area contributed by atoms with E-state index in [0.29, 0.717) is 11.7 Å². The minimum atomic E-state index is -0.0690. The predicted octanol–water partition coefficient (Wildman–Crippen LogP) is 2.56. The molecule has 0 aliphatic heterocycles. The Kier molecular flexibility index (Phi) is 3.48. The van der Waals surface area contributed by atoms with E-state index in [9.17, 15) is 4.79 Å². The molecule has 0 aromatic carbocycles. The molecule has 0 aromatic rings. The van der Waals surface area contributed by atoms with Crippen molar-refractivity contribution in [3.05, 3.63) is 0 Å². The molecule has 13 heavy (non-hydrogen) atoms. The van der Waals surface area contributed by atoms with Crippen molar-refractivity contribution in [3.8, 4) is 0 Å². The average molecular weight is 184 g/mol. The van der Waals surface area contributed by atoms with Crippen LogP contribution in [0.2, 0.25) is 0 Å². The molecule has 0 amide bonds. The first-order valence-corrected chi connectivity index (χ1v) is 5.13. The molecule has 0 N–H and O–H groups in total. The van der Waals surface area contributed by atoms with E-state index in [1.807, 2.05) is 0 Å². The zero-order chi connectivity index (χ0) is 9.90. The van der Waals surface area contributed by atoms with Gasteiger partial charge in [0.15, 0.2) is 0 Å². The number of hydrogen-bond acceptors (Lipinski definition) is 2. The molecule has 76 valence electrons. The van der Waals surface area contributed by atoms with Crippen LogP contribution in [0.15, 0.2) is 0 Å². The summed E-state index contributed by atoms with van der Waals surface area (Å²) in [6.45, 7) is 6.90. The monoisotopic (exact) mass is 184 g/mol. The van der Waals surface area contributed by atoms with Crippen LogP contribution < -0.4 is 0 Å². The summed E-state index contributed by atoms with van der Waals surface area (Å²) in [5.74, 6) is 0.884. The highest BCUT2D eigenvalue weighted by molar-refractivity contribution is 5.79. The Bertz CT molecular complexity index is 179. The zero-order valence-corrected chi connectivity index (χ0v) is 8.93. The fraction of sp³-hybridized carbons (Fsp3) is 0.909. The van der Waals surface area contributed by atoms with Gasteiger partial charge in [0.25, 0.3) is 0 Å². The van der Waals surface area contributed by atoms with E-state index >= 15 is 0 Å². The summed E-state index contributed by atoms with van der Waals surface area (Å²) in [5, 5.41) is 0. The summed E-state index contributed by atoms with van der Waals surface area (Å²) >= 11 is 0. The number of hydrogen-bond donors (Lipinski definition) is 0. The van der Waals surface area contributed by atoms with Crippen LogP contribution in [-0.4, -0.2) is 18.0 Å². The van der Waals surface area contributed by atoms with Gasteiger partial charge in [-0.1, -0.05) is 0 Å². The number of ketones is 1. The second-order valence-corrected chi connectivity index (χ2v) is 4.92. The molecule has 0 heterocycles. The zero-order valence-electron chi connectivity index (χ0n) is 8.93. The van der Waals surface area contributed by atoms with Gasteiger partial charge in [-0.15, -0.1) is 0 Å². The lowest BCUT2D eigenvalue weighted by molar-refractivity contribution is -0.123. The van der Waals surface area contributed by atoms with E-state index in [0.717, 1.165) is 32.3 Å². The van der Waals surface area contributed by atoms with Crippen molar-refractivity contribution in [2.45, 2.75) is 52.1 Å². The lowest BCUT2D eigenvalue weighted by Gasteiger charge is -2.26. The van der Waals surface area contributed by atoms with Crippen LogP contribution in [0.4, 0.5) is 0 Å². The standard InChI is InChI=1S/C11H20O2/c1-11(2,3)13-8-9-5-4-6-10(12)7-9/h9H,4-8H2,1-3H3/t9-/m1/s1. The molecule has 0 aromatic heterocycles. The number of ether oxygens (including phenoxy) is 1. The molecule has 0 spiro atoms. The molecule has 1 rings (SSSR count). The Labute approximate surface area is 80.7 Å². The summed E-state index contributed by atoms with van der Waals surface area (Å²) < 4.78 is 5.66. The molecule has 0 radical (unpaired) electrons. The Hall–Kier alpha value is -0.370. The van der Waals surface area contributed by atoms with Crippen LogP contribution in [0.25, 0.3) is 0 Å². The van der Waals surface area contributed by atoms with Gasteiger partial charge >= 0.3 is 0 Å². The third-order valence-corrected chi connectivity index (χ3v) is 2.34. The van der Waals surface area contributed by atoms with Crippen molar-refractivity contribution in [3.63, 3.8) is 0 Å². The molecule has 1 saturated carbocycles. The molecule has 0 bridgehead atoms. The Morgan fingerprint density at radius 1 is 1.46 bits per heavy atom. The molecular formula is C11H20O2. The van der Waals surface area contributed by atoms with Crippen LogP contribution >= 0.6 is 0 Å². The van der Waals surface area contributed by atoms with Crippen molar-refractivity contribution in [1.82, 2.24) is 0 Å². The maximum Gasteiger partial charge on any atom is 0.133 e. The maximum atomic E-state index is 11.1. The number of Topliss-reactive ketones (excluding diaryl/α,β-unsaturated/α-hetero) is 1. The molecule has 1 aliphatic carbocycles. The van der Waals surface area contributed by atoms with E-state index in [1.165, 1.54) is 0 Å². The lowest BCUT2D eigenvalue weighted by Crippen LogP contribution is -2.26. The Balaban J connectivity index is 2.25. The first-order valence-electron chi connectivity index (χ1n) is 5.13. The van der Waals surface area contributed by atoms with Crippen molar-refractivity contribution < 1.29 is 9.53 Å². The van der Waals surface area contributed by atoms with Crippen LogP contribution in [0.3, 0.4) is 0 Å². The van der Waals surface area contributed by atoms with Gasteiger partial charge in [0.1, 0.15) is 5.78 Å². The van der Waals surface area contributed by atoms with Crippen LogP contribution in [-0.2, 0) is 9.53 Å². The molecule has 0 saturated heterocycles. The van der Waals surface area contributed by atoms with E-state index in [-0.39, 0.29) is 5.60 Å². The van der Waals surface area contributed by atoms with E-state index < -0.39 is 0 Å². The fourth-order valence-corrected chi connectivity index (χ4v) is 1.62. The van der Waals surface area contributed by atoms with Gasteiger partial charge in [-0.2, -0.15) is 0 Å². The van der Waals surface area contributed by atoms with Crippen LogP contribution in [0, 0.1) is 5.92 Å². The Morgan fingerprint density at radius 3 is 2.69 bits per heavy atom. The summed E-state index contributed by atoms with van der Waals surface area (Å²) in [6, 6.07) is 0. The third-order valence-electron chi connectivity index (χ3n) is 2.34. The molecule has 0 unspecified atom stereocenters. The number of rotatable bonds is 2. The molecular weight excluding hydrogens is 164 g/mol. The SMILES string of the molecule is CC(C)(C)OC[C@@H]1CCCC(=O)C1. The molecule has 1 atom stereocenters. The molecule has 2 nitrogen and oxygen atoms in total. The summed E-state index contributed by atoms with van der Waals surface area (Å²) in [4.78, 5) is 11.1. The molecule has 1 fully saturated rings. The topological polar surface area (TPSA) is 26.3 Å². The van der Waals surface area contributed by atoms with E-state index in [1.54, 1.807) is 0 Å². The number of carbonyl (C=O) groups excluding carboxylic acids is 1. The lowest BCUT2D eigenvalue weighted by atomic mass is 9.89. The predicted molar refractivity (Wildman–Crippen MR) is 52.7 cm³/mol. The van der Waals surface area contributed by atoms with Crippen LogP contribution in [0.5, 0.6) is 0 Å². The van der Waals surface area contributed by atoms with Crippen molar-refractivity contribution >= 4 is 5.78 Å². The van der Waals surface area contributed by atoms with Crippen molar-refractivity contribution in [1.29, 1.82) is 0 Å². The highest BCUT2D eigenvalue weighted by Crippen LogP contribution is 2.23. The van der Waals surface area contributed by atoms with E-state index in [4.69, 9.17) is 4.74 Å². The van der Waals surface area contributed by atoms with Gasteiger partial charge in [-0.25, -0.2) is 0 Å². The maximum absolute atomic E-state index is 11.1. The summed E-state index contributed by atoms with van der Waals surface area (Å²) in [6.07, 6.45) is 3.72. The Morgan fingerprint density at radius 2 is 2.15 bits per heavy atom. The number of carbonyl (C=O) groups is 1. The smallest absolute Gasteiger partial charge is 0.133 e. The largest absolute Gasteiger partial charge is 0.376 e. The quantitative estimate of drug-likeness (QED) is 0.659. The van der Waals surface area contributed by atoms with Gasteiger partial charge in [0.2, 0.25) is 0 Å². The first kappa shape index (κ1) is 10.7. The summed E-state index contributed by atoms with van der Waals surface area (Å²) in [7, 11) is 0. The summed E-state index contributed by atoms with van der Waals surface area (Å²) in [5.41, 5.74) is -0.0690. The first-order chi connectivity index (χ1) is 5.97. The van der Waals surface area contributed by atoms with Gasteiger partial charge in [-0.05, 0) is 39.5 Å². The van der Waals surface area contributed by atoms with E-state index in [2.05, 4.69) is 20.8 Å². The average Bonchev–Trinajstić information content (AvgIpc) is 2.00.